The summed E-state index contributed by atoms with van der Waals surface area (Å²) in [5.74, 6) is -0.551. The van der Waals surface area contributed by atoms with Crippen molar-refractivity contribution < 1.29 is 37.3 Å². The number of phosphoric ester groups is 1. The molecule has 0 saturated carbocycles. The van der Waals surface area contributed by atoms with E-state index in [-0.39, 0.29) is 24.9 Å². The average Bonchev–Trinajstić information content (AvgIpc) is 3.44. The molecule has 1 N–H and O–H groups in total. The van der Waals surface area contributed by atoms with E-state index < -0.39 is 26.6 Å². The predicted octanol–water partition coefficient (Wildman–Crippen LogP) is 20.7. The maximum atomic E-state index is 13.6. The number of hydrogen-bond acceptors (Lipinski definition) is 7. The summed E-state index contributed by atoms with van der Waals surface area (Å²) in [5.41, 5.74) is 0. The molecule has 470 valence electrons. The van der Waals surface area contributed by atoms with Gasteiger partial charge in [-0.05, 0) is 102 Å². The minimum atomic E-state index is -4.71. The molecule has 0 aliphatic carbocycles. The molecule has 81 heavy (non-hydrogen) atoms. The van der Waals surface area contributed by atoms with Gasteiger partial charge in [0, 0.05) is 12.8 Å². The molecule has 0 aromatic carbocycles. The van der Waals surface area contributed by atoms with Gasteiger partial charge in [-0.25, -0.2) is 0 Å². The zero-order valence-corrected chi connectivity index (χ0v) is 54.6. The number of carbonyl (C=O) groups excluding carboxylic acids is 2. The van der Waals surface area contributed by atoms with Crippen molar-refractivity contribution in [2.24, 2.45) is 0 Å². The fourth-order valence-corrected chi connectivity index (χ4v) is 10.3. The molecule has 0 spiro atoms. The van der Waals surface area contributed by atoms with E-state index >= 15 is 0 Å². The summed E-state index contributed by atoms with van der Waals surface area (Å²) in [6, 6.07) is -0.898. The molecule has 0 saturated heterocycles. The Morgan fingerprint density at radius 1 is 0.444 bits per heavy atom. The number of allylic oxidation sites excluding steroid dienone is 13. The second-order valence-electron chi connectivity index (χ2n) is 23.9. The number of amides is 1. The maximum absolute atomic E-state index is 13.6. The van der Waals surface area contributed by atoms with Crippen LogP contribution in [0.3, 0.4) is 0 Å². The molecular weight excluding hydrogens is 1020 g/mol. The van der Waals surface area contributed by atoms with E-state index in [4.69, 9.17) is 13.8 Å². The smallest absolute Gasteiger partial charge is 0.306 e. The van der Waals surface area contributed by atoms with E-state index in [1.165, 1.54) is 161 Å². The normalized spacial score (nSPS) is 14.1. The fraction of sp³-hybridized carbons (Fsp3) is 0.775. The van der Waals surface area contributed by atoms with Crippen molar-refractivity contribution in [1.29, 1.82) is 0 Å². The number of rotatable bonds is 61. The largest absolute Gasteiger partial charge is 0.756 e. The number of quaternary nitrogens is 1. The summed E-state index contributed by atoms with van der Waals surface area (Å²) in [6.45, 7) is 6.74. The Balaban J connectivity index is 5.21. The summed E-state index contributed by atoms with van der Waals surface area (Å²) < 4.78 is 30.4. The lowest BCUT2D eigenvalue weighted by Gasteiger charge is -2.30. The first-order chi connectivity index (χ1) is 39.4. The van der Waals surface area contributed by atoms with Crippen molar-refractivity contribution in [1.82, 2.24) is 5.32 Å². The molecule has 0 radical (unpaired) electrons. The van der Waals surface area contributed by atoms with Gasteiger partial charge >= 0.3 is 5.97 Å². The van der Waals surface area contributed by atoms with E-state index in [1.54, 1.807) is 0 Å². The number of nitrogens with zero attached hydrogens (tertiary/aromatic N) is 1. The van der Waals surface area contributed by atoms with E-state index in [0.29, 0.717) is 23.9 Å². The number of unbranched alkanes of at least 4 members (excludes halogenated alkanes) is 33. The lowest BCUT2D eigenvalue weighted by molar-refractivity contribution is -0.870. The molecule has 0 fully saturated rings. The van der Waals surface area contributed by atoms with Crippen molar-refractivity contribution in [2.45, 2.75) is 315 Å². The van der Waals surface area contributed by atoms with Gasteiger partial charge < -0.3 is 28.5 Å². The van der Waals surface area contributed by atoms with E-state index in [2.05, 4.69) is 99.0 Å². The quantitative estimate of drug-likeness (QED) is 0.0212. The van der Waals surface area contributed by atoms with Crippen molar-refractivity contribution >= 4 is 19.7 Å². The average molecular weight is 1150 g/mol. The number of nitrogens with one attached hydrogen (secondary N) is 1. The molecule has 3 unspecified atom stereocenters. The third kappa shape index (κ3) is 61.6. The number of ether oxygens (including phenoxy) is 1. The topological polar surface area (TPSA) is 114 Å². The Labute approximate surface area is 501 Å². The Morgan fingerprint density at radius 2 is 0.790 bits per heavy atom. The molecule has 0 aliphatic heterocycles. The van der Waals surface area contributed by atoms with E-state index in [0.717, 1.165) is 103 Å². The lowest BCUT2D eigenvalue weighted by Crippen LogP contribution is -2.47. The number of likely N-dealkylation sites (N-methyl/N-ethyl adjacent to an activating group) is 1. The third-order valence-corrected chi connectivity index (χ3v) is 15.8. The highest BCUT2D eigenvalue weighted by molar-refractivity contribution is 7.45. The van der Waals surface area contributed by atoms with Crippen molar-refractivity contribution in [2.75, 3.05) is 40.9 Å². The van der Waals surface area contributed by atoms with Crippen LogP contribution < -0.4 is 10.2 Å². The second-order valence-corrected chi connectivity index (χ2v) is 25.4. The van der Waals surface area contributed by atoms with Crippen LogP contribution in [-0.4, -0.2) is 69.4 Å². The van der Waals surface area contributed by atoms with E-state index in [9.17, 15) is 19.0 Å². The molecule has 0 heterocycles. The van der Waals surface area contributed by atoms with Crippen molar-refractivity contribution in [3.8, 4) is 0 Å². The number of esters is 1. The summed E-state index contributed by atoms with van der Waals surface area (Å²) in [6.07, 6.45) is 79.7. The van der Waals surface area contributed by atoms with Crippen LogP contribution in [0.5, 0.6) is 0 Å². The van der Waals surface area contributed by atoms with Crippen LogP contribution in [0.4, 0.5) is 0 Å². The highest BCUT2D eigenvalue weighted by Crippen LogP contribution is 2.38. The van der Waals surface area contributed by atoms with Gasteiger partial charge in [0.15, 0.2) is 0 Å². The van der Waals surface area contributed by atoms with Crippen LogP contribution in [0.15, 0.2) is 85.1 Å². The number of hydrogen-bond donors (Lipinski definition) is 1. The standard InChI is InChI=1S/C71H129N2O7P/c1-7-10-13-16-19-22-25-28-30-32-34-35-36-37-39-41-43-46-49-52-55-58-61-64-71(75)80-69(62-59-56-53-50-47-44-27-24-21-18-15-12-9-3)68(67-79-81(76,77)78-66-65-73(4,5)6)72-70(74)63-60-57-54-51-48-45-42-40-38-33-31-29-26-23-20-17-14-11-8-2/h10,13,19,22,28-31,34-35,37,39,59,62,68-69H,7-9,11-12,14-18,20-21,23-27,32-33,36,38,40-58,60-61,63-67H2,1-6H3,(H-,72,74,76,77)/b13-10-,22-19-,30-28-,31-29+,35-34-,39-37-,62-59+. The van der Waals surface area contributed by atoms with Crippen LogP contribution in [0.25, 0.3) is 0 Å². The first kappa shape index (κ1) is 78.2. The minimum Gasteiger partial charge on any atom is -0.756 e. The number of carbonyl (C=O) groups is 2. The monoisotopic (exact) mass is 1150 g/mol. The molecular formula is C71H129N2O7P. The van der Waals surface area contributed by atoms with Crippen LogP contribution in [0.1, 0.15) is 303 Å². The summed E-state index contributed by atoms with van der Waals surface area (Å²) in [7, 11) is 1.17. The first-order valence-electron chi connectivity index (χ1n) is 33.9. The van der Waals surface area contributed by atoms with Crippen molar-refractivity contribution in [3.63, 3.8) is 0 Å². The predicted molar refractivity (Wildman–Crippen MR) is 348 cm³/mol. The fourth-order valence-electron chi connectivity index (χ4n) is 9.60. The second kappa shape index (κ2) is 60.3. The summed E-state index contributed by atoms with van der Waals surface area (Å²) in [4.78, 5) is 40.1. The van der Waals surface area contributed by atoms with Gasteiger partial charge in [-0.1, -0.05) is 273 Å². The Hall–Kier alpha value is -2.81. The SMILES string of the molecule is CC/C=C\C/C=C\C/C=C\C/C=C\C/C=C\CCCCCCCCCC(=O)OC(/C=C/CCCCCCCCCCCCC)C(COP(=O)([O-])OCC[N+](C)(C)C)NC(=O)CCCCCCCCCCC/C=C/CCCCCCCC. The van der Waals surface area contributed by atoms with Gasteiger partial charge in [0.1, 0.15) is 19.3 Å². The van der Waals surface area contributed by atoms with Gasteiger partial charge in [0.2, 0.25) is 5.91 Å². The molecule has 10 heteroatoms. The van der Waals surface area contributed by atoms with Gasteiger partial charge in [-0.15, -0.1) is 0 Å². The summed E-state index contributed by atoms with van der Waals surface area (Å²) in [5, 5.41) is 3.04. The van der Waals surface area contributed by atoms with Crippen LogP contribution in [0, 0.1) is 0 Å². The van der Waals surface area contributed by atoms with Crippen LogP contribution in [-0.2, 0) is 27.9 Å². The molecule has 3 atom stereocenters. The molecule has 0 aromatic heterocycles. The zero-order chi connectivity index (χ0) is 59.3. The molecule has 0 rings (SSSR count). The zero-order valence-electron chi connectivity index (χ0n) is 53.7. The van der Waals surface area contributed by atoms with Crippen LogP contribution >= 0.6 is 7.82 Å². The minimum absolute atomic E-state index is 0.0271. The Kier molecular flexibility index (Phi) is 58.2. The third-order valence-electron chi connectivity index (χ3n) is 14.8. The van der Waals surface area contributed by atoms with Gasteiger partial charge in [0.05, 0.1) is 33.8 Å². The maximum Gasteiger partial charge on any atom is 0.306 e. The highest BCUT2D eigenvalue weighted by atomic mass is 31.2. The van der Waals surface area contributed by atoms with Crippen LogP contribution in [0.2, 0.25) is 0 Å². The van der Waals surface area contributed by atoms with Gasteiger partial charge in [0.25, 0.3) is 7.82 Å². The molecule has 0 bridgehead atoms. The van der Waals surface area contributed by atoms with Crippen molar-refractivity contribution in [3.05, 3.63) is 85.1 Å². The molecule has 9 nitrogen and oxygen atoms in total. The summed E-state index contributed by atoms with van der Waals surface area (Å²) >= 11 is 0. The molecule has 1 amide bonds. The first-order valence-corrected chi connectivity index (χ1v) is 35.4. The molecule has 0 aromatic rings. The number of phosphoric acid groups is 1. The Morgan fingerprint density at radius 3 is 1.20 bits per heavy atom. The van der Waals surface area contributed by atoms with Gasteiger partial charge in [-0.2, -0.15) is 0 Å². The Bertz CT molecular complexity index is 1660. The highest BCUT2D eigenvalue weighted by Gasteiger charge is 2.27. The van der Waals surface area contributed by atoms with Gasteiger partial charge in [-0.3, -0.25) is 14.2 Å². The molecule has 0 aliphatic rings. The lowest BCUT2D eigenvalue weighted by atomic mass is 10.0. The van der Waals surface area contributed by atoms with E-state index in [1.807, 2.05) is 33.3 Å².